The van der Waals surface area contributed by atoms with Gasteiger partial charge in [-0.3, -0.25) is 14.7 Å². The van der Waals surface area contributed by atoms with E-state index >= 15 is 0 Å². The zero-order chi connectivity index (χ0) is 17.1. The molecule has 1 fully saturated rings. The lowest BCUT2D eigenvalue weighted by atomic mass is 10.2. The van der Waals surface area contributed by atoms with Crippen molar-refractivity contribution in [1.82, 2.24) is 29.5 Å². The van der Waals surface area contributed by atoms with Gasteiger partial charge in [0.2, 0.25) is 5.91 Å². The molecule has 2 N–H and O–H groups in total. The van der Waals surface area contributed by atoms with E-state index in [0.717, 1.165) is 37.7 Å². The van der Waals surface area contributed by atoms with Crippen LogP contribution < -0.4 is 5.73 Å². The van der Waals surface area contributed by atoms with Crippen molar-refractivity contribution in [3.63, 3.8) is 0 Å². The summed E-state index contributed by atoms with van der Waals surface area (Å²) in [6.07, 6.45) is 3.49. The summed E-state index contributed by atoms with van der Waals surface area (Å²) in [6, 6.07) is 3.87. The maximum atomic E-state index is 11.2. The maximum absolute atomic E-state index is 11.2. The van der Waals surface area contributed by atoms with Crippen molar-refractivity contribution in [2.45, 2.75) is 19.4 Å². The predicted octanol–water partition coefficient (Wildman–Crippen LogP) is -0.00150. The molecule has 128 valence electrons. The van der Waals surface area contributed by atoms with Gasteiger partial charge in [0.1, 0.15) is 5.82 Å². The summed E-state index contributed by atoms with van der Waals surface area (Å²) in [6.45, 7) is 6.13. The van der Waals surface area contributed by atoms with Crippen LogP contribution in [0.5, 0.6) is 0 Å². The normalized spacial score (nSPS) is 17.8. The van der Waals surface area contributed by atoms with Crippen molar-refractivity contribution < 1.29 is 4.79 Å². The molecule has 8 nitrogen and oxygen atoms in total. The van der Waals surface area contributed by atoms with E-state index in [4.69, 9.17) is 5.73 Å². The first-order valence-corrected chi connectivity index (χ1v) is 8.11. The molecule has 1 aliphatic heterocycles. The summed E-state index contributed by atoms with van der Waals surface area (Å²) >= 11 is 0. The van der Waals surface area contributed by atoms with Crippen molar-refractivity contribution in [3.8, 4) is 5.69 Å². The molecule has 24 heavy (non-hydrogen) atoms. The van der Waals surface area contributed by atoms with Crippen LogP contribution in [-0.4, -0.2) is 68.7 Å². The van der Waals surface area contributed by atoms with Gasteiger partial charge in [-0.25, -0.2) is 9.67 Å². The van der Waals surface area contributed by atoms with Gasteiger partial charge < -0.3 is 10.6 Å². The molecule has 2 aromatic rings. The van der Waals surface area contributed by atoms with Crippen molar-refractivity contribution in [2.24, 2.45) is 5.73 Å². The molecular weight excluding hydrogens is 306 g/mol. The summed E-state index contributed by atoms with van der Waals surface area (Å²) in [5, 5.41) is 4.48. The number of pyridine rings is 1. The Balaban J connectivity index is 1.92. The van der Waals surface area contributed by atoms with Gasteiger partial charge in [-0.2, -0.15) is 5.10 Å². The van der Waals surface area contributed by atoms with Crippen LogP contribution in [0.15, 0.2) is 24.5 Å². The molecule has 1 saturated heterocycles. The first-order valence-electron chi connectivity index (χ1n) is 8.11. The van der Waals surface area contributed by atoms with E-state index < -0.39 is 5.91 Å². The lowest BCUT2D eigenvalue weighted by molar-refractivity contribution is -0.117. The van der Waals surface area contributed by atoms with Crippen LogP contribution in [0, 0.1) is 0 Å². The molecule has 8 heteroatoms. The number of carbonyl (C=O) groups is 1. The van der Waals surface area contributed by atoms with Gasteiger partial charge in [0.05, 0.1) is 24.3 Å². The monoisotopic (exact) mass is 329 g/mol. The topological polar surface area (TPSA) is 93.2 Å². The molecule has 0 aliphatic carbocycles. The Labute approximate surface area is 141 Å². The van der Waals surface area contributed by atoms with Gasteiger partial charge in [0.25, 0.3) is 0 Å². The highest BCUT2D eigenvalue weighted by Gasteiger charge is 2.26. The highest BCUT2D eigenvalue weighted by atomic mass is 16.1. The van der Waals surface area contributed by atoms with Crippen LogP contribution in [-0.2, 0) is 11.2 Å². The second-order valence-corrected chi connectivity index (χ2v) is 6.17. The first-order chi connectivity index (χ1) is 11.5. The Hall–Kier alpha value is -2.32. The molecule has 2 aromatic heterocycles. The van der Waals surface area contributed by atoms with E-state index in [1.807, 2.05) is 12.1 Å². The Kier molecular flexibility index (Phi) is 4.86. The van der Waals surface area contributed by atoms with E-state index in [9.17, 15) is 4.79 Å². The van der Waals surface area contributed by atoms with Gasteiger partial charge >= 0.3 is 0 Å². The van der Waals surface area contributed by atoms with Crippen LogP contribution in [0.2, 0.25) is 0 Å². The van der Waals surface area contributed by atoms with Gasteiger partial charge in [-0.1, -0.05) is 0 Å². The zero-order valence-corrected chi connectivity index (χ0v) is 14.1. The summed E-state index contributed by atoms with van der Waals surface area (Å²) in [7, 11) is 2.13. The van der Waals surface area contributed by atoms with Crippen LogP contribution in [0.3, 0.4) is 0 Å². The molecule has 0 spiro atoms. The summed E-state index contributed by atoms with van der Waals surface area (Å²) in [4.78, 5) is 24.7. The molecule has 3 rings (SSSR count). The maximum Gasteiger partial charge on any atom is 0.225 e. The lowest BCUT2D eigenvalue weighted by Gasteiger charge is -2.35. The Morgan fingerprint density at radius 1 is 1.33 bits per heavy atom. The number of rotatable bonds is 5. The Morgan fingerprint density at radius 2 is 2.08 bits per heavy atom. The standard InChI is InChI=1S/C16H23N7O/c1-12(22-8-6-21(2)7-9-22)16-19-15(10-14(17)24)20-23(16)13-4-3-5-18-11-13/h3-5,11-12H,6-10H2,1-2H3,(H2,17,24). The van der Waals surface area contributed by atoms with Crippen LogP contribution in [0.25, 0.3) is 5.69 Å². The third-order valence-corrected chi connectivity index (χ3v) is 4.36. The third kappa shape index (κ3) is 3.60. The fourth-order valence-electron chi connectivity index (χ4n) is 2.91. The molecule has 1 amide bonds. The van der Waals surface area contributed by atoms with E-state index in [1.54, 1.807) is 17.1 Å². The number of nitrogens with two attached hydrogens (primary N) is 1. The zero-order valence-electron chi connectivity index (χ0n) is 14.1. The second-order valence-electron chi connectivity index (χ2n) is 6.17. The summed E-state index contributed by atoms with van der Waals surface area (Å²) < 4.78 is 1.77. The molecular formula is C16H23N7O. The molecule has 0 saturated carbocycles. The molecule has 0 aromatic carbocycles. The van der Waals surface area contributed by atoms with Gasteiger partial charge in [0.15, 0.2) is 5.82 Å². The number of amides is 1. The summed E-state index contributed by atoms with van der Waals surface area (Å²) in [5.74, 6) is 0.822. The number of piperazine rings is 1. The number of likely N-dealkylation sites (N-methyl/N-ethyl adjacent to an activating group) is 1. The van der Waals surface area contributed by atoms with Crippen LogP contribution >= 0.6 is 0 Å². The van der Waals surface area contributed by atoms with Gasteiger partial charge in [-0.05, 0) is 26.1 Å². The van der Waals surface area contributed by atoms with E-state index in [-0.39, 0.29) is 12.5 Å². The second kappa shape index (κ2) is 7.06. The average molecular weight is 329 g/mol. The number of nitrogens with zero attached hydrogens (tertiary/aromatic N) is 6. The minimum absolute atomic E-state index is 0.0374. The Morgan fingerprint density at radius 3 is 2.71 bits per heavy atom. The van der Waals surface area contributed by atoms with Gasteiger partial charge in [0, 0.05) is 32.4 Å². The minimum atomic E-state index is -0.433. The minimum Gasteiger partial charge on any atom is -0.369 e. The number of aromatic nitrogens is 4. The van der Waals surface area contributed by atoms with Gasteiger partial charge in [-0.15, -0.1) is 0 Å². The molecule has 1 atom stereocenters. The molecule has 3 heterocycles. The molecule has 0 bridgehead atoms. The fourth-order valence-corrected chi connectivity index (χ4v) is 2.91. The largest absolute Gasteiger partial charge is 0.369 e. The number of hydrogen-bond acceptors (Lipinski definition) is 6. The SMILES string of the molecule is CC(c1nc(CC(N)=O)nn1-c1cccnc1)N1CCN(C)CC1. The highest BCUT2D eigenvalue weighted by molar-refractivity contribution is 5.75. The number of carbonyl (C=O) groups excluding carboxylic acids is 1. The Bertz CT molecular complexity index is 692. The quantitative estimate of drug-likeness (QED) is 0.830. The molecule has 1 aliphatic rings. The van der Waals surface area contributed by atoms with Crippen LogP contribution in [0.4, 0.5) is 0 Å². The van der Waals surface area contributed by atoms with Crippen molar-refractivity contribution >= 4 is 5.91 Å². The average Bonchev–Trinajstić information content (AvgIpc) is 2.99. The third-order valence-electron chi connectivity index (χ3n) is 4.36. The van der Waals surface area contributed by atoms with E-state index in [2.05, 4.69) is 38.8 Å². The number of hydrogen-bond donors (Lipinski definition) is 1. The van der Waals surface area contributed by atoms with Crippen LogP contribution in [0.1, 0.15) is 24.6 Å². The van der Waals surface area contributed by atoms with Crippen molar-refractivity contribution in [2.75, 3.05) is 33.2 Å². The van der Waals surface area contributed by atoms with Crippen molar-refractivity contribution in [1.29, 1.82) is 0 Å². The fraction of sp³-hybridized carbons (Fsp3) is 0.500. The summed E-state index contributed by atoms with van der Waals surface area (Å²) in [5.41, 5.74) is 6.13. The molecule has 1 unspecified atom stereocenters. The van der Waals surface area contributed by atoms with E-state index in [1.165, 1.54) is 0 Å². The number of primary amides is 1. The lowest BCUT2D eigenvalue weighted by Crippen LogP contribution is -2.45. The molecule has 0 radical (unpaired) electrons. The van der Waals surface area contributed by atoms with Crippen molar-refractivity contribution in [3.05, 3.63) is 36.2 Å². The predicted molar refractivity (Wildman–Crippen MR) is 89.5 cm³/mol. The smallest absolute Gasteiger partial charge is 0.225 e. The first kappa shape index (κ1) is 16.5. The highest BCUT2D eigenvalue weighted by Crippen LogP contribution is 2.22. The van der Waals surface area contributed by atoms with E-state index in [0.29, 0.717) is 5.82 Å².